The van der Waals surface area contributed by atoms with Gasteiger partial charge in [0, 0.05) is 19.1 Å². The molecule has 3 aromatic rings. The van der Waals surface area contributed by atoms with Crippen LogP contribution in [0.5, 0.6) is 0 Å². The van der Waals surface area contributed by atoms with Crippen LogP contribution in [0.15, 0.2) is 91.0 Å². The minimum Gasteiger partial charge on any atom is -0.394 e. The lowest BCUT2D eigenvalue weighted by Gasteiger charge is -2.35. The largest absolute Gasteiger partial charge is 0.394 e. The molecular formula is C24H27NO2. The molecule has 0 saturated carbocycles. The van der Waals surface area contributed by atoms with Crippen LogP contribution in [0.3, 0.4) is 0 Å². The fraction of sp³-hybridized carbons (Fsp3) is 0.250. The molecular weight excluding hydrogens is 334 g/mol. The zero-order chi connectivity index (χ0) is 18.9. The molecule has 3 heteroatoms. The number of aliphatic hydroxyl groups excluding tert-OH is 2. The van der Waals surface area contributed by atoms with E-state index in [1.54, 1.807) is 0 Å². The van der Waals surface area contributed by atoms with Gasteiger partial charge in [0.25, 0.3) is 0 Å². The van der Waals surface area contributed by atoms with E-state index in [1.807, 2.05) is 54.6 Å². The van der Waals surface area contributed by atoms with Crippen molar-refractivity contribution in [3.8, 4) is 0 Å². The third-order valence-electron chi connectivity index (χ3n) is 4.84. The van der Waals surface area contributed by atoms with E-state index in [0.29, 0.717) is 19.5 Å². The molecule has 0 saturated heterocycles. The predicted molar refractivity (Wildman–Crippen MR) is 109 cm³/mol. The van der Waals surface area contributed by atoms with Crippen molar-refractivity contribution in [3.63, 3.8) is 0 Å². The summed E-state index contributed by atoms with van der Waals surface area (Å²) in [6.45, 7) is 1.17. The van der Waals surface area contributed by atoms with E-state index in [4.69, 9.17) is 0 Å². The molecule has 0 aliphatic heterocycles. The Kier molecular flexibility index (Phi) is 7.17. The first kappa shape index (κ1) is 19.3. The lowest BCUT2D eigenvalue weighted by Crippen LogP contribution is -2.46. The zero-order valence-electron chi connectivity index (χ0n) is 15.5. The Labute approximate surface area is 161 Å². The highest BCUT2D eigenvalue weighted by Gasteiger charge is 2.26. The third-order valence-corrected chi connectivity index (χ3v) is 4.84. The molecule has 0 aliphatic carbocycles. The Balaban J connectivity index is 1.88. The summed E-state index contributed by atoms with van der Waals surface area (Å²) in [5.41, 5.74) is 3.54. The maximum atomic E-state index is 10.6. The molecule has 3 rings (SSSR count). The van der Waals surface area contributed by atoms with Crippen LogP contribution < -0.4 is 0 Å². The maximum Gasteiger partial charge on any atom is 0.0929 e. The quantitative estimate of drug-likeness (QED) is 0.611. The molecule has 2 N–H and O–H groups in total. The highest BCUT2D eigenvalue weighted by atomic mass is 16.3. The minimum absolute atomic E-state index is 0.183. The Morgan fingerprint density at radius 3 is 1.44 bits per heavy atom. The van der Waals surface area contributed by atoms with Crippen LogP contribution in [0.25, 0.3) is 0 Å². The lowest BCUT2D eigenvalue weighted by atomic mass is 9.98. The summed E-state index contributed by atoms with van der Waals surface area (Å²) in [5, 5.41) is 20.3. The van der Waals surface area contributed by atoms with Gasteiger partial charge in [-0.25, -0.2) is 0 Å². The normalized spacial score (nSPS) is 13.4. The molecule has 0 radical (unpaired) electrons. The van der Waals surface area contributed by atoms with E-state index in [2.05, 4.69) is 41.3 Å². The van der Waals surface area contributed by atoms with E-state index >= 15 is 0 Å². The van der Waals surface area contributed by atoms with Gasteiger partial charge in [0.05, 0.1) is 12.7 Å². The van der Waals surface area contributed by atoms with Gasteiger partial charge in [-0.1, -0.05) is 91.0 Å². The van der Waals surface area contributed by atoms with Crippen molar-refractivity contribution in [2.45, 2.75) is 31.7 Å². The van der Waals surface area contributed by atoms with E-state index in [9.17, 15) is 10.2 Å². The van der Waals surface area contributed by atoms with E-state index < -0.39 is 6.10 Å². The van der Waals surface area contributed by atoms with Crippen molar-refractivity contribution >= 4 is 0 Å². The van der Waals surface area contributed by atoms with Crippen molar-refractivity contribution in [2.24, 2.45) is 0 Å². The molecule has 0 aliphatic rings. The first-order chi connectivity index (χ1) is 13.3. The smallest absolute Gasteiger partial charge is 0.0929 e. The Hall–Kier alpha value is -2.46. The highest BCUT2D eigenvalue weighted by Crippen LogP contribution is 2.19. The average Bonchev–Trinajstić information content (AvgIpc) is 2.73. The summed E-state index contributed by atoms with van der Waals surface area (Å²) >= 11 is 0. The first-order valence-corrected chi connectivity index (χ1v) is 9.41. The van der Waals surface area contributed by atoms with E-state index in [-0.39, 0.29) is 12.6 Å². The van der Waals surface area contributed by atoms with Gasteiger partial charge in [-0.2, -0.15) is 0 Å². The molecule has 2 atom stereocenters. The van der Waals surface area contributed by atoms with Gasteiger partial charge in [0.15, 0.2) is 0 Å². The van der Waals surface area contributed by atoms with Gasteiger partial charge in [-0.05, 0) is 23.1 Å². The second-order valence-corrected chi connectivity index (χ2v) is 6.88. The molecule has 27 heavy (non-hydrogen) atoms. The van der Waals surface area contributed by atoms with Gasteiger partial charge in [0.2, 0.25) is 0 Å². The number of nitrogens with zero attached hydrogens (tertiary/aromatic N) is 1. The molecule has 0 unspecified atom stereocenters. The number of hydrogen-bond acceptors (Lipinski definition) is 3. The second-order valence-electron chi connectivity index (χ2n) is 6.88. The standard InChI is InChI=1S/C24H27NO2/c26-19-24(27)23(16-20-10-4-1-5-11-20)25(17-21-12-6-2-7-13-21)18-22-14-8-3-9-15-22/h1-15,23-24,26-27H,16-19H2/t23-,24+/m0/s1. The summed E-state index contributed by atoms with van der Waals surface area (Å²) in [6.07, 6.45) is -0.125. The maximum absolute atomic E-state index is 10.6. The second kappa shape index (κ2) is 10.0. The van der Waals surface area contributed by atoms with Gasteiger partial charge < -0.3 is 10.2 Å². The zero-order valence-corrected chi connectivity index (χ0v) is 15.5. The van der Waals surface area contributed by atoms with E-state index in [1.165, 1.54) is 11.1 Å². The van der Waals surface area contributed by atoms with Crippen LogP contribution >= 0.6 is 0 Å². The predicted octanol–water partition coefficient (Wildman–Crippen LogP) is 3.65. The van der Waals surface area contributed by atoms with Crippen LogP contribution in [-0.2, 0) is 19.5 Å². The van der Waals surface area contributed by atoms with Crippen molar-refractivity contribution in [3.05, 3.63) is 108 Å². The summed E-state index contributed by atoms with van der Waals surface area (Å²) in [5.74, 6) is 0. The van der Waals surface area contributed by atoms with Gasteiger partial charge in [-0.3, -0.25) is 4.90 Å². The van der Waals surface area contributed by atoms with Gasteiger partial charge >= 0.3 is 0 Å². The summed E-state index contributed by atoms with van der Waals surface area (Å²) in [7, 11) is 0. The summed E-state index contributed by atoms with van der Waals surface area (Å²) in [4.78, 5) is 2.26. The van der Waals surface area contributed by atoms with Crippen LogP contribution in [-0.4, -0.2) is 33.9 Å². The molecule has 0 amide bonds. The molecule has 0 fully saturated rings. The topological polar surface area (TPSA) is 43.7 Å². The number of rotatable bonds is 9. The molecule has 0 bridgehead atoms. The number of aliphatic hydroxyl groups is 2. The fourth-order valence-corrected chi connectivity index (χ4v) is 3.41. The van der Waals surface area contributed by atoms with E-state index in [0.717, 1.165) is 5.56 Å². The van der Waals surface area contributed by atoms with Crippen LogP contribution in [0, 0.1) is 0 Å². The van der Waals surface area contributed by atoms with Gasteiger partial charge in [0.1, 0.15) is 0 Å². The molecule has 3 nitrogen and oxygen atoms in total. The third kappa shape index (κ3) is 5.76. The Bertz CT molecular complexity index is 736. The molecule has 140 valence electrons. The molecule has 0 spiro atoms. The molecule has 3 aromatic carbocycles. The average molecular weight is 361 g/mol. The SMILES string of the molecule is OC[C@@H](O)[C@H](Cc1ccccc1)N(Cc1ccccc1)Cc1ccccc1. The lowest BCUT2D eigenvalue weighted by molar-refractivity contribution is 0.00381. The van der Waals surface area contributed by atoms with Crippen molar-refractivity contribution in [2.75, 3.05) is 6.61 Å². The van der Waals surface area contributed by atoms with Crippen LogP contribution in [0.2, 0.25) is 0 Å². The van der Waals surface area contributed by atoms with Crippen LogP contribution in [0.4, 0.5) is 0 Å². The number of benzene rings is 3. The first-order valence-electron chi connectivity index (χ1n) is 9.41. The molecule has 0 aromatic heterocycles. The number of hydrogen-bond donors (Lipinski definition) is 2. The summed E-state index contributed by atoms with van der Waals surface area (Å²) in [6, 6.07) is 30.5. The van der Waals surface area contributed by atoms with Crippen molar-refractivity contribution in [1.29, 1.82) is 0 Å². The Morgan fingerprint density at radius 2 is 1.04 bits per heavy atom. The highest BCUT2D eigenvalue weighted by molar-refractivity contribution is 5.20. The van der Waals surface area contributed by atoms with Crippen molar-refractivity contribution in [1.82, 2.24) is 4.90 Å². The molecule has 0 heterocycles. The Morgan fingerprint density at radius 1 is 0.630 bits per heavy atom. The van der Waals surface area contributed by atoms with Crippen LogP contribution in [0.1, 0.15) is 16.7 Å². The van der Waals surface area contributed by atoms with Gasteiger partial charge in [-0.15, -0.1) is 0 Å². The summed E-state index contributed by atoms with van der Waals surface area (Å²) < 4.78 is 0. The monoisotopic (exact) mass is 361 g/mol. The minimum atomic E-state index is -0.808. The fourth-order valence-electron chi connectivity index (χ4n) is 3.41. The van der Waals surface area contributed by atoms with Crippen molar-refractivity contribution < 1.29 is 10.2 Å².